The lowest BCUT2D eigenvalue weighted by molar-refractivity contribution is -0.113. The maximum Gasteiger partial charge on any atom is 0.338 e. The van der Waals surface area contributed by atoms with Gasteiger partial charge >= 0.3 is 5.97 Å². The van der Waals surface area contributed by atoms with Crippen LogP contribution >= 0.6 is 11.8 Å². The number of anilines is 1. The van der Waals surface area contributed by atoms with Crippen molar-refractivity contribution in [2.75, 3.05) is 24.3 Å². The lowest BCUT2D eigenvalue weighted by Gasteiger charge is -2.14. The summed E-state index contributed by atoms with van der Waals surface area (Å²) in [5.74, 6) is -0.244. The number of aryl methyl sites for hydroxylation is 1. The summed E-state index contributed by atoms with van der Waals surface area (Å²) in [7, 11) is 0. The molecule has 2 heterocycles. The van der Waals surface area contributed by atoms with Gasteiger partial charge in [-0.3, -0.25) is 4.79 Å². The molecule has 1 fully saturated rings. The Hall–Kier alpha value is -2.32. The van der Waals surface area contributed by atoms with E-state index in [1.54, 1.807) is 31.2 Å². The molecule has 3 rings (SSSR count). The number of rotatable bonds is 8. The molecule has 1 aromatic heterocycles. The molecular weight excluding hydrogens is 390 g/mol. The molecular formula is C21H27N3O4S. The van der Waals surface area contributed by atoms with Gasteiger partial charge in [-0.2, -0.15) is 0 Å². The van der Waals surface area contributed by atoms with E-state index in [9.17, 15) is 9.59 Å². The monoisotopic (exact) mass is 417 g/mol. The standard InChI is InChI=1S/C21H27N3O4S/c1-4-27-20(26)16-7-9-17(10-8-16)23-19(25)13-29-21-22-14(2)15(3)24(21)12-18-6-5-11-28-18/h7-10,18H,4-6,11-13H2,1-3H3,(H,23,25)/t18-/m1/s1. The van der Waals surface area contributed by atoms with E-state index in [1.807, 2.05) is 13.8 Å². The molecule has 1 saturated heterocycles. The Morgan fingerprint density at radius 2 is 2.07 bits per heavy atom. The molecule has 0 unspecified atom stereocenters. The zero-order valence-corrected chi connectivity index (χ0v) is 17.9. The first-order chi connectivity index (χ1) is 14.0. The van der Waals surface area contributed by atoms with Gasteiger partial charge < -0.3 is 19.4 Å². The molecule has 1 aliphatic rings. The first-order valence-electron chi connectivity index (χ1n) is 9.83. The Morgan fingerprint density at radius 1 is 1.31 bits per heavy atom. The average Bonchev–Trinajstić information content (AvgIpc) is 3.31. The van der Waals surface area contributed by atoms with Crippen molar-refractivity contribution in [3.8, 4) is 0 Å². The molecule has 0 aliphatic carbocycles. The molecule has 1 amide bonds. The van der Waals surface area contributed by atoms with Gasteiger partial charge in [0, 0.05) is 18.0 Å². The highest BCUT2D eigenvalue weighted by Gasteiger charge is 2.20. The summed E-state index contributed by atoms with van der Waals surface area (Å²) in [6.45, 7) is 7.71. The topological polar surface area (TPSA) is 82.5 Å². The van der Waals surface area contributed by atoms with Crippen molar-refractivity contribution in [1.29, 1.82) is 0 Å². The summed E-state index contributed by atoms with van der Waals surface area (Å²) < 4.78 is 12.9. The second-order valence-electron chi connectivity index (χ2n) is 6.95. The summed E-state index contributed by atoms with van der Waals surface area (Å²) in [4.78, 5) is 28.7. The first-order valence-corrected chi connectivity index (χ1v) is 10.8. The first kappa shape index (κ1) is 21.4. The largest absolute Gasteiger partial charge is 0.462 e. The molecule has 0 radical (unpaired) electrons. The van der Waals surface area contributed by atoms with Gasteiger partial charge in [-0.15, -0.1) is 0 Å². The van der Waals surface area contributed by atoms with Crippen LogP contribution in [-0.4, -0.2) is 46.5 Å². The third kappa shape index (κ3) is 5.61. The summed E-state index contributed by atoms with van der Waals surface area (Å²) in [5, 5.41) is 3.69. The van der Waals surface area contributed by atoms with E-state index in [4.69, 9.17) is 9.47 Å². The Bertz CT molecular complexity index is 858. The van der Waals surface area contributed by atoms with Gasteiger partial charge in [0.15, 0.2) is 5.16 Å². The lowest BCUT2D eigenvalue weighted by atomic mass is 10.2. The van der Waals surface area contributed by atoms with E-state index in [0.29, 0.717) is 17.9 Å². The number of ether oxygens (including phenoxy) is 2. The smallest absolute Gasteiger partial charge is 0.338 e. The van der Waals surface area contributed by atoms with Crippen molar-refractivity contribution in [3.05, 3.63) is 41.2 Å². The van der Waals surface area contributed by atoms with Crippen LogP contribution in [0.2, 0.25) is 0 Å². The van der Waals surface area contributed by atoms with Crippen LogP contribution in [0.4, 0.5) is 5.69 Å². The Labute approximate surface area is 175 Å². The third-order valence-electron chi connectivity index (χ3n) is 4.85. The minimum Gasteiger partial charge on any atom is -0.462 e. The van der Waals surface area contributed by atoms with Gasteiger partial charge in [-0.1, -0.05) is 11.8 Å². The number of hydrogen-bond donors (Lipinski definition) is 1. The second kappa shape index (κ2) is 9.93. The van der Waals surface area contributed by atoms with E-state index in [2.05, 4.69) is 14.9 Å². The Morgan fingerprint density at radius 3 is 2.72 bits per heavy atom. The molecule has 1 atom stereocenters. The van der Waals surface area contributed by atoms with Gasteiger partial charge in [0.2, 0.25) is 5.91 Å². The molecule has 0 spiro atoms. The van der Waals surface area contributed by atoms with Crippen LogP contribution in [0.25, 0.3) is 0 Å². The SMILES string of the molecule is CCOC(=O)c1ccc(NC(=O)CSc2nc(C)c(C)n2C[C@H]2CCCO2)cc1. The van der Waals surface area contributed by atoms with Crippen LogP contribution in [0.5, 0.6) is 0 Å². The number of thioether (sulfide) groups is 1. The number of carbonyl (C=O) groups excluding carboxylic acids is 2. The summed E-state index contributed by atoms with van der Waals surface area (Å²) in [6.07, 6.45) is 2.37. The van der Waals surface area contributed by atoms with Crippen molar-refractivity contribution < 1.29 is 19.1 Å². The highest BCUT2D eigenvalue weighted by molar-refractivity contribution is 7.99. The Balaban J connectivity index is 1.56. The second-order valence-corrected chi connectivity index (χ2v) is 7.89. The molecule has 29 heavy (non-hydrogen) atoms. The van der Waals surface area contributed by atoms with Crippen molar-refractivity contribution >= 4 is 29.3 Å². The normalized spacial score (nSPS) is 16.0. The Kier molecular flexibility index (Phi) is 7.33. The van der Waals surface area contributed by atoms with E-state index >= 15 is 0 Å². The molecule has 0 saturated carbocycles. The maximum absolute atomic E-state index is 12.4. The number of esters is 1. The fraction of sp³-hybridized carbons (Fsp3) is 0.476. The van der Waals surface area contributed by atoms with E-state index < -0.39 is 0 Å². The average molecular weight is 418 g/mol. The molecule has 156 valence electrons. The molecule has 7 nitrogen and oxygen atoms in total. The molecule has 1 aromatic carbocycles. The highest BCUT2D eigenvalue weighted by Crippen LogP contribution is 2.24. The molecule has 8 heteroatoms. The van der Waals surface area contributed by atoms with Gasteiger partial charge in [-0.05, 0) is 57.9 Å². The van der Waals surface area contributed by atoms with Crippen molar-refractivity contribution in [3.63, 3.8) is 0 Å². The minimum absolute atomic E-state index is 0.124. The van der Waals surface area contributed by atoms with Crippen LogP contribution in [0.3, 0.4) is 0 Å². The minimum atomic E-state index is -0.371. The van der Waals surface area contributed by atoms with Crippen molar-refractivity contribution in [2.45, 2.75) is 51.4 Å². The fourth-order valence-corrected chi connectivity index (χ4v) is 4.07. The molecule has 2 aromatic rings. The maximum atomic E-state index is 12.4. The zero-order valence-electron chi connectivity index (χ0n) is 17.1. The van der Waals surface area contributed by atoms with Crippen LogP contribution in [0.1, 0.15) is 41.5 Å². The lowest BCUT2D eigenvalue weighted by Crippen LogP contribution is -2.18. The molecule has 1 N–H and O–H groups in total. The van der Waals surface area contributed by atoms with Gasteiger partial charge in [0.05, 0.1) is 36.3 Å². The number of carbonyl (C=O) groups is 2. The fourth-order valence-electron chi connectivity index (χ4n) is 3.17. The molecule has 1 aliphatic heterocycles. The summed E-state index contributed by atoms with van der Waals surface area (Å²) in [5.41, 5.74) is 3.18. The van der Waals surface area contributed by atoms with Gasteiger partial charge in [0.1, 0.15) is 0 Å². The number of nitrogens with one attached hydrogen (secondary N) is 1. The van der Waals surface area contributed by atoms with Gasteiger partial charge in [0.25, 0.3) is 0 Å². The number of benzene rings is 1. The third-order valence-corrected chi connectivity index (χ3v) is 5.82. The van der Waals surface area contributed by atoms with Crippen LogP contribution in [0, 0.1) is 13.8 Å². The number of nitrogens with zero attached hydrogens (tertiary/aromatic N) is 2. The summed E-state index contributed by atoms with van der Waals surface area (Å²) >= 11 is 1.42. The number of aromatic nitrogens is 2. The van der Waals surface area contributed by atoms with Crippen molar-refractivity contribution in [1.82, 2.24) is 9.55 Å². The predicted octanol–water partition coefficient (Wildman–Crippen LogP) is 3.59. The highest BCUT2D eigenvalue weighted by atomic mass is 32.2. The quantitative estimate of drug-likeness (QED) is 0.522. The van der Waals surface area contributed by atoms with E-state index in [-0.39, 0.29) is 23.7 Å². The molecule has 0 bridgehead atoms. The van der Waals surface area contributed by atoms with E-state index in [0.717, 1.165) is 42.5 Å². The summed E-state index contributed by atoms with van der Waals surface area (Å²) in [6, 6.07) is 6.67. The predicted molar refractivity (Wildman–Crippen MR) is 112 cm³/mol. The zero-order chi connectivity index (χ0) is 20.8. The van der Waals surface area contributed by atoms with Gasteiger partial charge in [-0.25, -0.2) is 9.78 Å². The van der Waals surface area contributed by atoms with Crippen LogP contribution in [-0.2, 0) is 20.8 Å². The number of hydrogen-bond acceptors (Lipinski definition) is 6. The number of imidazole rings is 1. The van der Waals surface area contributed by atoms with Crippen LogP contribution < -0.4 is 5.32 Å². The number of amides is 1. The van der Waals surface area contributed by atoms with Crippen LogP contribution in [0.15, 0.2) is 29.4 Å². The van der Waals surface area contributed by atoms with E-state index in [1.165, 1.54) is 11.8 Å². The van der Waals surface area contributed by atoms with Crippen molar-refractivity contribution in [2.24, 2.45) is 0 Å².